The summed E-state index contributed by atoms with van der Waals surface area (Å²) in [5.74, 6) is -1.32. The molecule has 2 rings (SSSR count). The second-order valence-electron chi connectivity index (χ2n) is 9.25. The Kier molecular flexibility index (Phi) is 15.7. The standard InChI is InChI=1S/C13H20O6.C7H12O3.C5H10O2/c1-10(8-18-11(2)14)19-9-16-6-7-17-12(15)13(3)4-5-13;1-7(2-3-7)6(9)10-5-4-8;1-3-4(2)5(6)7/h1,4-9H2,2-3H3;8H,2-5H2,1H3;4H,3H2,1-2H3,(H,6,7). The van der Waals surface area contributed by atoms with E-state index in [0.717, 1.165) is 32.1 Å². The zero-order chi connectivity index (χ0) is 27.8. The molecule has 1 unspecified atom stereocenters. The van der Waals surface area contributed by atoms with Crippen molar-refractivity contribution in [2.24, 2.45) is 16.7 Å². The van der Waals surface area contributed by atoms with Gasteiger partial charge in [0.15, 0.2) is 6.79 Å². The summed E-state index contributed by atoms with van der Waals surface area (Å²) in [6, 6.07) is 0. The van der Waals surface area contributed by atoms with Gasteiger partial charge >= 0.3 is 23.9 Å². The molecule has 2 saturated carbocycles. The van der Waals surface area contributed by atoms with Gasteiger partial charge in [0.25, 0.3) is 0 Å². The number of carboxylic acid groups (broad SMARTS) is 1. The Balaban J connectivity index is 0.000000598. The molecule has 11 heteroatoms. The predicted molar refractivity (Wildman–Crippen MR) is 128 cm³/mol. The molecular formula is C25H42O11. The van der Waals surface area contributed by atoms with E-state index in [-0.39, 0.29) is 68.5 Å². The van der Waals surface area contributed by atoms with Crippen molar-refractivity contribution in [2.75, 3.05) is 39.8 Å². The molecule has 0 aromatic carbocycles. The number of aliphatic hydroxyl groups excluding tert-OH is 1. The van der Waals surface area contributed by atoms with Crippen LogP contribution in [0.5, 0.6) is 0 Å². The van der Waals surface area contributed by atoms with Crippen LogP contribution in [0.3, 0.4) is 0 Å². The van der Waals surface area contributed by atoms with E-state index in [2.05, 4.69) is 11.3 Å². The molecule has 0 saturated heterocycles. The highest BCUT2D eigenvalue weighted by atomic mass is 16.7. The zero-order valence-corrected chi connectivity index (χ0v) is 22.1. The number of aliphatic carboxylic acids is 1. The van der Waals surface area contributed by atoms with Crippen molar-refractivity contribution in [3.8, 4) is 0 Å². The summed E-state index contributed by atoms with van der Waals surface area (Å²) in [7, 11) is 0. The molecule has 0 amide bonds. The van der Waals surface area contributed by atoms with E-state index in [1.807, 2.05) is 20.8 Å². The molecule has 36 heavy (non-hydrogen) atoms. The Morgan fingerprint density at radius 1 is 0.889 bits per heavy atom. The van der Waals surface area contributed by atoms with Gasteiger partial charge in [-0.15, -0.1) is 0 Å². The fourth-order valence-electron chi connectivity index (χ4n) is 2.05. The normalized spacial score (nSPS) is 16.4. The monoisotopic (exact) mass is 518 g/mol. The van der Waals surface area contributed by atoms with E-state index in [1.165, 1.54) is 6.92 Å². The molecular weight excluding hydrogens is 476 g/mol. The lowest BCUT2D eigenvalue weighted by molar-refractivity contribution is -0.152. The summed E-state index contributed by atoms with van der Waals surface area (Å²) in [6.45, 7) is 12.7. The van der Waals surface area contributed by atoms with E-state index in [9.17, 15) is 19.2 Å². The van der Waals surface area contributed by atoms with Gasteiger partial charge in [-0.1, -0.05) is 20.4 Å². The van der Waals surface area contributed by atoms with Crippen molar-refractivity contribution in [3.05, 3.63) is 12.3 Å². The molecule has 0 radical (unpaired) electrons. The summed E-state index contributed by atoms with van der Waals surface area (Å²) in [4.78, 5) is 42.8. The van der Waals surface area contributed by atoms with Gasteiger partial charge < -0.3 is 33.9 Å². The van der Waals surface area contributed by atoms with Crippen LogP contribution >= 0.6 is 0 Å². The van der Waals surface area contributed by atoms with Gasteiger partial charge in [0.05, 0.1) is 30.0 Å². The highest BCUT2D eigenvalue weighted by Crippen LogP contribution is 2.46. The number of ether oxygens (including phenoxy) is 5. The average molecular weight is 519 g/mol. The zero-order valence-electron chi connectivity index (χ0n) is 22.1. The highest BCUT2D eigenvalue weighted by molar-refractivity contribution is 5.79. The van der Waals surface area contributed by atoms with Crippen LogP contribution in [-0.2, 0) is 42.9 Å². The number of rotatable bonds is 14. The van der Waals surface area contributed by atoms with Gasteiger partial charge in [0.1, 0.15) is 25.6 Å². The third-order valence-electron chi connectivity index (χ3n) is 5.59. The molecule has 1 atom stereocenters. The summed E-state index contributed by atoms with van der Waals surface area (Å²) in [5, 5.41) is 16.5. The maximum atomic E-state index is 11.4. The Morgan fingerprint density at radius 3 is 1.75 bits per heavy atom. The van der Waals surface area contributed by atoms with Crippen LogP contribution in [-0.4, -0.2) is 73.9 Å². The minimum Gasteiger partial charge on any atom is -0.481 e. The quantitative estimate of drug-likeness (QED) is 0.115. The fourth-order valence-corrected chi connectivity index (χ4v) is 2.05. The number of carboxylic acids is 1. The van der Waals surface area contributed by atoms with Crippen molar-refractivity contribution in [3.63, 3.8) is 0 Å². The number of carbonyl (C=O) groups excluding carboxylic acids is 3. The summed E-state index contributed by atoms with van der Waals surface area (Å²) in [6.07, 6.45) is 4.36. The maximum absolute atomic E-state index is 11.4. The van der Waals surface area contributed by atoms with E-state index in [0.29, 0.717) is 5.76 Å². The van der Waals surface area contributed by atoms with Crippen molar-refractivity contribution < 1.29 is 53.1 Å². The molecule has 0 bridgehead atoms. The first-order valence-electron chi connectivity index (χ1n) is 12.0. The molecule has 2 aliphatic rings. The van der Waals surface area contributed by atoms with Gasteiger partial charge in [0, 0.05) is 6.92 Å². The van der Waals surface area contributed by atoms with E-state index < -0.39 is 11.9 Å². The summed E-state index contributed by atoms with van der Waals surface area (Å²) >= 11 is 0. The van der Waals surface area contributed by atoms with Crippen molar-refractivity contribution in [2.45, 2.75) is 66.7 Å². The topological polar surface area (TPSA) is 155 Å². The smallest absolute Gasteiger partial charge is 0.311 e. The van der Waals surface area contributed by atoms with Crippen LogP contribution < -0.4 is 0 Å². The Morgan fingerprint density at radius 2 is 1.39 bits per heavy atom. The second kappa shape index (κ2) is 16.9. The second-order valence-corrected chi connectivity index (χ2v) is 9.25. The van der Waals surface area contributed by atoms with Crippen LogP contribution in [0.4, 0.5) is 0 Å². The predicted octanol–water partition coefficient (Wildman–Crippen LogP) is 2.84. The SMILES string of the molecule is C=C(COC(C)=O)OCOCCOC(=O)C1(C)CC1.CC1(C(=O)OCCO)CC1.CCC(C)C(=O)O. The highest BCUT2D eigenvalue weighted by Gasteiger charge is 2.47. The Hall–Kier alpha value is -2.66. The first-order chi connectivity index (χ1) is 16.8. The number of hydrogen-bond donors (Lipinski definition) is 2. The van der Waals surface area contributed by atoms with Crippen LogP contribution in [0, 0.1) is 16.7 Å². The molecule has 0 aromatic heterocycles. The number of aliphatic hydroxyl groups is 1. The summed E-state index contributed by atoms with van der Waals surface area (Å²) in [5.41, 5.74) is -0.482. The Labute approximate surface area is 213 Å². The van der Waals surface area contributed by atoms with Crippen LogP contribution in [0.1, 0.15) is 66.7 Å². The maximum Gasteiger partial charge on any atom is 0.311 e. The first kappa shape index (κ1) is 33.3. The van der Waals surface area contributed by atoms with Crippen LogP contribution in [0.15, 0.2) is 12.3 Å². The number of esters is 3. The van der Waals surface area contributed by atoms with Crippen LogP contribution in [0.2, 0.25) is 0 Å². The van der Waals surface area contributed by atoms with Crippen molar-refractivity contribution in [1.29, 1.82) is 0 Å². The van der Waals surface area contributed by atoms with E-state index in [4.69, 9.17) is 29.2 Å². The lowest BCUT2D eigenvalue weighted by Gasteiger charge is -2.11. The molecule has 0 heterocycles. The molecule has 2 aliphatic carbocycles. The molecule has 2 N–H and O–H groups in total. The molecule has 2 fully saturated rings. The molecule has 0 aromatic rings. The third-order valence-corrected chi connectivity index (χ3v) is 5.59. The fraction of sp³-hybridized carbons (Fsp3) is 0.760. The largest absolute Gasteiger partial charge is 0.481 e. The number of hydrogen-bond acceptors (Lipinski definition) is 10. The van der Waals surface area contributed by atoms with E-state index in [1.54, 1.807) is 6.92 Å². The van der Waals surface area contributed by atoms with Gasteiger partial charge in [0.2, 0.25) is 0 Å². The molecule has 208 valence electrons. The minimum atomic E-state index is -0.706. The van der Waals surface area contributed by atoms with Crippen molar-refractivity contribution >= 4 is 23.9 Å². The molecule has 11 nitrogen and oxygen atoms in total. The molecule has 0 spiro atoms. The molecule has 0 aliphatic heterocycles. The van der Waals surface area contributed by atoms with Crippen molar-refractivity contribution in [1.82, 2.24) is 0 Å². The van der Waals surface area contributed by atoms with Gasteiger partial charge in [-0.2, -0.15) is 0 Å². The average Bonchev–Trinajstić information content (AvgIpc) is 3.77. The lowest BCUT2D eigenvalue weighted by atomic mass is 10.1. The lowest BCUT2D eigenvalue weighted by Crippen LogP contribution is -2.18. The number of carbonyl (C=O) groups is 4. The Bertz CT molecular complexity index is 724. The first-order valence-corrected chi connectivity index (χ1v) is 12.0. The van der Waals surface area contributed by atoms with Gasteiger partial charge in [-0.25, -0.2) is 0 Å². The minimum absolute atomic E-state index is 0.00599. The third kappa shape index (κ3) is 15.4. The van der Waals surface area contributed by atoms with Crippen LogP contribution in [0.25, 0.3) is 0 Å². The van der Waals surface area contributed by atoms with Gasteiger partial charge in [-0.3, -0.25) is 19.2 Å². The van der Waals surface area contributed by atoms with E-state index >= 15 is 0 Å². The summed E-state index contributed by atoms with van der Waals surface area (Å²) < 4.78 is 24.6. The van der Waals surface area contributed by atoms with Gasteiger partial charge in [-0.05, 0) is 46.0 Å².